The first-order valence-corrected chi connectivity index (χ1v) is 25.9. The van der Waals surface area contributed by atoms with Crippen LogP contribution in [0.4, 0.5) is 13.2 Å². The normalized spacial score (nSPS) is 10.1. The van der Waals surface area contributed by atoms with Gasteiger partial charge in [-0.15, -0.1) is 144 Å². The standard InChI is InChI=1S/C18H11F3N.2C18H14NO.C18H14N.4Ir/c19-18(20,21)16-9-5-4-8-15(16)14-10-11-22-17(12-14)13-6-2-1-3-7-13;2*1-20-18-10-6-5-9-16(18)15-11-12-17(19-13-15)14-7-3-2-4-8-14;1-14-7-5-6-10-17(14)16-11-12-18(19-13-16)15-8-3-2-4-9-15;;;;/h1-6,8-12H;2*2-7,9-13H,1H3;2-8,10-13H,1H3;;;;/q4*-1;;;;. The van der Waals surface area contributed by atoms with Crippen LogP contribution in [0.5, 0.6) is 11.5 Å². The first-order chi connectivity index (χ1) is 39.7. The van der Waals surface area contributed by atoms with E-state index in [1.54, 1.807) is 38.5 Å². The predicted molar refractivity (Wildman–Crippen MR) is 319 cm³/mol. The summed E-state index contributed by atoms with van der Waals surface area (Å²) in [5, 5.41) is 0. The molecule has 0 aliphatic carbocycles. The summed E-state index contributed by atoms with van der Waals surface area (Å²) in [6.45, 7) is 2.12. The van der Waals surface area contributed by atoms with Gasteiger partial charge in [0.1, 0.15) is 11.5 Å². The number of halogens is 3. The van der Waals surface area contributed by atoms with E-state index < -0.39 is 11.7 Å². The van der Waals surface area contributed by atoms with E-state index in [0.29, 0.717) is 11.3 Å². The fourth-order valence-corrected chi connectivity index (χ4v) is 8.74. The van der Waals surface area contributed by atoms with Gasteiger partial charge in [-0.25, -0.2) is 0 Å². The van der Waals surface area contributed by atoms with Gasteiger partial charge in [-0.2, -0.15) is 13.2 Å². The number of nitrogens with zero attached hydrogens (tertiary/aromatic N) is 4. The van der Waals surface area contributed by atoms with Crippen molar-refractivity contribution in [2.75, 3.05) is 14.2 Å². The number of benzene rings is 8. The summed E-state index contributed by atoms with van der Waals surface area (Å²) in [5.74, 6) is 1.71. The van der Waals surface area contributed by atoms with E-state index in [1.807, 2.05) is 176 Å². The first-order valence-electron chi connectivity index (χ1n) is 25.9. The van der Waals surface area contributed by atoms with Crippen molar-refractivity contribution in [3.8, 4) is 101 Å². The minimum absolute atomic E-state index is 0. The molecule has 0 fully saturated rings. The van der Waals surface area contributed by atoms with E-state index in [4.69, 9.17) is 9.47 Å². The Labute approximate surface area is 549 Å². The van der Waals surface area contributed by atoms with Crippen LogP contribution in [-0.2, 0) is 86.6 Å². The molecule has 0 N–H and O–H groups in total. The van der Waals surface area contributed by atoms with Crippen molar-refractivity contribution in [1.82, 2.24) is 19.9 Å². The average molecular weight is 1830 g/mol. The van der Waals surface area contributed by atoms with Crippen molar-refractivity contribution in [2.45, 2.75) is 13.1 Å². The van der Waals surface area contributed by atoms with Gasteiger partial charge in [0.15, 0.2) is 0 Å². The van der Waals surface area contributed by atoms with Gasteiger partial charge in [0.2, 0.25) is 0 Å². The molecule has 0 spiro atoms. The van der Waals surface area contributed by atoms with Gasteiger partial charge >= 0.3 is 6.18 Å². The van der Waals surface area contributed by atoms with Crippen molar-refractivity contribution in [3.63, 3.8) is 0 Å². The van der Waals surface area contributed by atoms with Gasteiger partial charge in [-0.3, -0.25) is 0 Å². The second kappa shape index (κ2) is 34.3. The van der Waals surface area contributed by atoms with Gasteiger partial charge in [-0.1, -0.05) is 121 Å². The molecule has 12 rings (SSSR count). The third-order valence-corrected chi connectivity index (χ3v) is 12.8. The Bertz CT molecular complexity index is 3760. The number of aromatic nitrogens is 4. The monoisotopic (exact) mass is 1830 g/mol. The summed E-state index contributed by atoms with van der Waals surface area (Å²) in [6, 6.07) is 88.7. The average Bonchev–Trinajstić information content (AvgIpc) is 3.69. The minimum Gasteiger partial charge on any atom is -0.496 e. The van der Waals surface area contributed by atoms with Crippen molar-refractivity contribution in [2.24, 2.45) is 0 Å². The molecule has 0 amide bonds. The molecule has 434 valence electrons. The number of ether oxygens (including phenoxy) is 2. The maximum absolute atomic E-state index is 13.1. The third kappa shape index (κ3) is 18.7. The molecule has 0 atom stereocenters. The van der Waals surface area contributed by atoms with Crippen LogP contribution < -0.4 is 9.47 Å². The number of hydrogen-bond donors (Lipinski definition) is 0. The Morgan fingerprint density at radius 1 is 0.341 bits per heavy atom. The second-order valence-corrected chi connectivity index (χ2v) is 18.1. The van der Waals surface area contributed by atoms with Gasteiger partial charge < -0.3 is 29.4 Å². The van der Waals surface area contributed by atoms with E-state index in [2.05, 4.69) is 93.6 Å². The Morgan fingerprint density at radius 3 is 1.06 bits per heavy atom. The van der Waals surface area contributed by atoms with E-state index in [-0.39, 0.29) is 86.0 Å². The van der Waals surface area contributed by atoms with Crippen LogP contribution in [0.25, 0.3) is 89.5 Å². The van der Waals surface area contributed by atoms with Gasteiger partial charge in [0, 0.05) is 127 Å². The summed E-state index contributed by atoms with van der Waals surface area (Å²) in [7, 11) is 3.36. The first kappa shape index (κ1) is 68.1. The van der Waals surface area contributed by atoms with Crippen LogP contribution in [-0.4, -0.2) is 34.2 Å². The number of pyridine rings is 4. The van der Waals surface area contributed by atoms with E-state index in [0.717, 1.165) is 84.7 Å². The number of methoxy groups -OCH3 is 2. The largest absolute Gasteiger partial charge is 0.496 e. The van der Waals surface area contributed by atoms with Crippen molar-refractivity contribution in [3.05, 3.63) is 303 Å². The number of alkyl halides is 3. The molecular weight excluding hydrogens is 1780 g/mol. The maximum Gasteiger partial charge on any atom is 0.417 e. The molecule has 0 saturated heterocycles. The van der Waals surface area contributed by atoms with E-state index >= 15 is 0 Å². The van der Waals surface area contributed by atoms with Crippen LogP contribution in [0, 0.1) is 31.2 Å². The zero-order valence-corrected chi connectivity index (χ0v) is 55.6. The number of hydrogen-bond acceptors (Lipinski definition) is 6. The maximum atomic E-state index is 13.1. The van der Waals surface area contributed by atoms with E-state index in [1.165, 1.54) is 29.5 Å². The summed E-state index contributed by atoms with van der Waals surface area (Å²) in [4.78, 5) is 17.8. The molecule has 4 aromatic heterocycles. The predicted octanol–water partition coefficient (Wildman–Crippen LogP) is 18.2. The smallest absolute Gasteiger partial charge is 0.417 e. The molecule has 4 heterocycles. The zero-order valence-electron chi connectivity index (χ0n) is 46.0. The minimum atomic E-state index is -4.39. The SMILES string of the molecule is COc1ccccc1-c1ccc(-c2[c-]cccc2)nc1.COc1ccccc1-c1ccc(-c2[c-]cccc2)nc1.Cc1ccccc1-c1ccc(-c2[c-]cccc2)nc1.FC(F)(F)c1ccccc1-c1ccnc(-c2[c-]cccc2)c1.[Ir].[Ir].[Ir].[Ir]. The molecule has 0 aliphatic heterocycles. The van der Waals surface area contributed by atoms with Gasteiger partial charge in [-0.05, 0) is 81.8 Å². The van der Waals surface area contributed by atoms with Crippen LogP contribution in [0.2, 0.25) is 0 Å². The fraction of sp³-hybridized carbons (Fsp3) is 0.0556. The molecule has 8 aromatic carbocycles. The molecule has 0 saturated carbocycles. The van der Waals surface area contributed by atoms with Crippen molar-refractivity contribution >= 4 is 0 Å². The molecule has 0 aliphatic rings. The van der Waals surface area contributed by atoms with Crippen LogP contribution in [0.15, 0.2) is 267 Å². The molecule has 4 radical (unpaired) electrons. The van der Waals surface area contributed by atoms with Crippen LogP contribution >= 0.6 is 0 Å². The molecule has 12 aromatic rings. The quantitative estimate of drug-likeness (QED) is 0.127. The molecule has 13 heteroatoms. The number of rotatable bonds is 10. The van der Waals surface area contributed by atoms with Crippen LogP contribution in [0.1, 0.15) is 11.1 Å². The zero-order chi connectivity index (χ0) is 56.2. The second-order valence-electron chi connectivity index (χ2n) is 18.1. The summed E-state index contributed by atoms with van der Waals surface area (Å²) < 4.78 is 50.2. The Balaban J connectivity index is 0.000000204. The Kier molecular flexibility index (Phi) is 27.5. The summed E-state index contributed by atoms with van der Waals surface area (Å²) in [6.07, 6.45) is 2.79. The van der Waals surface area contributed by atoms with Crippen molar-refractivity contribution in [1.29, 1.82) is 0 Å². The third-order valence-electron chi connectivity index (χ3n) is 12.8. The van der Waals surface area contributed by atoms with Gasteiger partial charge in [0.25, 0.3) is 0 Å². The summed E-state index contributed by atoms with van der Waals surface area (Å²) >= 11 is 0. The van der Waals surface area contributed by atoms with Crippen LogP contribution in [0.3, 0.4) is 0 Å². The number of para-hydroxylation sites is 2. The van der Waals surface area contributed by atoms with Crippen molar-refractivity contribution < 1.29 is 103 Å². The Hall–Kier alpha value is -7.65. The molecule has 6 nitrogen and oxygen atoms in total. The summed E-state index contributed by atoms with van der Waals surface area (Å²) in [5.41, 5.74) is 15.0. The Morgan fingerprint density at radius 2 is 0.694 bits per heavy atom. The molecule has 0 bridgehead atoms. The topological polar surface area (TPSA) is 70.0 Å². The molecule has 85 heavy (non-hydrogen) atoms. The molecular formula is C72H53F3Ir4N4O2-4. The van der Waals surface area contributed by atoms with Gasteiger partial charge in [0.05, 0.1) is 19.8 Å². The fourth-order valence-electron chi connectivity index (χ4n) is 8.74. The number of aryl methyl sites for hydroxylation is 1. The molecule has 0 unspecified atom stereocenters. The van der Waals surface area contributed by atoms with E-state index in [9.17, 15) is 13.2 Å².